The quantitative estimate of drug-likeness (QED) is 0.359. The van der Waals surface area contributed by atoms with Gasteiger partial charge in [-0.1, -0.05) is 43.3 Å². The van der Waals surface area contributed by atoms with Crippen molar-refractivity contribution in [1.82, 2.24) is 4.90 Å². The second-order valence-electron chi connectivity index (χ2n) is 5.56. The fourth-order valence-corrected chi connectivity index (χ4v) is 2.11. The fourth-order valence-electron chi connectivity index (χ4n) is 2.11. The molecule has 0 amide bonds. The van der Waals surface area contributed by atoms with Gasteiger partial charge < -0.3 is 10.9 Å². The first kappa shape index (κ1) is 15.5. The van der Waals surface area contributed by atoms with Crippen molar-refractivity contribution in [2.75, 3.05) is 6.54 Å². The fraction of sp³-hybridized carbons (Fsp3) is 0.533. The van der Waals surface area contributed by atoms with Crippen molar-refractivity contribution in [3.8, 4) is 0 Å². The molecule has 0 aromatic heterocycles. The van der Waals surface area contributed by atoms with E-state index in [0.29, 0.717) is 12.0 Å². The van der Waals surface area contributed by atoms with Gasteiger partial charge in [-0.3, -0.25) is 4.90 Å². The molecular weight excluding hydrogens is 238 g/mol. The van der Waals surface area contributed by atoms with Crippen molar-refractivity contribution in [3.05, 3.63) is 35.4 Å². The molecule has 0 aliphatic carbocycles. The lowest BCUT2D eigenvalue weighted by atomic mass is 10.0. The summed E-state index contributed by atoms with van der Waals surface area (Å²) in [6.45, 7) is 10.6. The lowest BCUT2D eigenvalue weighted by Gasteiger charge is -2.29. The zero-order valence-electron chi connectivity index (χ0n) is 12.3. The minimum atomic E-state index is 0.170. The molecule has 4 heteroatoms. The second kappa shape index (κ2) is 7.14. The van der Waals surface area contributed by atoms with Crippen LogP contribution in [0.5, 0.6) is 0 Å². The van der Waals surface area contributed by atoms with Crippen LogP contribution in [0, 0.1) is 5.92 Å². The molecule has 19 heavy (non-hydrogen) atoms. The molecule has 1 aromatic rings. The lowest BCUT2D eigenvalue weighted by Crippen LogP contribution is -2.34. The highest BCUT2D eigenvalue weighted by Gasteiger charge is 2.15. The molecular formula is C15H25N3O. The molecule has 0 bridgehead atoms. The average Bonchev–Trinajstić information content (AvgIpc) is 2.37. The third kappa shape index (κ3) is 4.56. The summed E-state index contributed by atoms with van der Waals surface area (Å²) in [5.74, 6) is 0.780. The Labute approximate surface area is 115 Å². The Kier molecular flexibility index (Phi) is 5.83. The maximum Gasteiger partial charge on any atom is 0.170 e. The molecule has 106 valence electrons. The van der Waals surface area contributed by atoms with Crippen LogP contribution in [0.1, 0.15) is 38.8 Å². The number of hydrogen-bond acceptors (Lipinski definition) is 3. The molecule has 0 atom stereocenters. The van der Waals surface area contributed by atoms with Gasteiger partial charge >= 0.3 is 0 Å². The van der Waals surface area contributed by atoms with Crippen LogP contribution in [0.2, 0.25) is 0 Å². The minimum absolute atomic E-state index is 0.170. The van der Waals surface area contributed by atoms with Crippen LogP contribution >= 0.6 is 0 Å². The number of amidine groups is 1. The average molecular weight is 263 g/mol. The lowest BCUT2D eigenvalue weighted by molar-refractivity contribution is 0.189. The topological polar surface area (TPSA) is 61.8 Å². The van der Waals surface area contributed by atoms with Gasteiger partial charge in [0, 0.05) is 24.7 Å². The van der Waals surface area contributed by atoms with Crippen molar-refractivity contribution >= 4 is 5.84 Å². The summed E-state index contributed by atoms with van der Waals surface area (Å²) in [5.41, 5.74) is 7.62. The molecule has 0 radical (unpaired) electrons. The first-order chi connectivity index (χ1) is 8.95. The molecule has 1 rings (SSSR count). The maximum atomic E-state index is 8.85. The van der Waals surface area contributed by atoms with Gasteiger partial charge in [-0.15, -0.1) is 0 Å². The Morgan fingerprint density at radius 3 is 2.42 bits per heavy atom. The largest absolute Gasteiger partial charge is 0.409 e. The number of rotatable bonds is 6. The van der Waals surface area contributed by atoms with E-state index in [4.69, 9.17) is 10.9 Å². The van der Waals surface area contributed by atoms with E-state index in [1.165, 1.54) is 0 Å². The number of nitrogens with two attached hydrogens (primary N) is 1. The molecule has 0 aliphatic heterocycles. The van der Waals surface area contributed by atoms with E-state index < -0.39 is 0 Å². The Balaban J connectivity index is 2.96. The zero-order chi connectivity index (χ0) is 14.4. The van der Waals surface area contributed by atoms with Crippen LogP contribution in [0.4, 0.5) is 0 Å². The molecule has 0 saturated heterocycles. The van der Waals surface area contributed by atoms with Crippen LogP contribution < -0.4 is 5.73 Å². The molecule has 0 fully saturated rings. The standard InChI is InChI=1S/C15H25N3O/c1-11(2)9-18(12(3)4)10-13-7-5-6-8-14(13)15(16)17-19/h5-8,11-12,19H,9-10H2,1-4H3,(H2,16,17). The van der Waals surface area contributed by atoms with Crippen LogP contribution in [0.3, 0.4) is 0 Å². The van der Waals surface area contributed by atoms with E-state index >= 15 is 0 Å². The SMILES string of the molecule is CC(C)CN(Cc1ccccc1/C(N)=N/O)C(C)C. The van der Waals surface area contributed by atoms with Gasteiger partial charge in [-0.2, -0.15) is 0 Å². The molecule has 3 N–H and O–H groups in total. The first-order valence-corrected chi connectivity index (χ1v) is 6.75. The number of oxime groups is 1. The third-order valence-corrected chi connectivity index (χ3v) is 3.10. The summed E-state index contributed by atoms with van der Waals surface area (Å²) in [6, 6.07) is 8.26. The summed E-state index contributed by atoms with van der Waals surface area (Å²) in [4.78, 5) is 2.40. The van der Waals surface area contributed by atoms with Crippen LogP contribution in [-0.2, 0) is 6.54 Å². The predicted molar refractivity (Wildman–Crippen MR) is 79.3 cm³/mol. The van der Waals surface area contributed by atoms with Gasteiger partial charge in [0.25, 0.3) is 0 Å². The maximum absolute atomic E-state index is 8.85. The van der Waals surface area contributed by atoms with Crippen molar-refractivity contribution in [2.45, 2.75) is 40.3 Å². The van der Waals surface area contributed by atoms with Crippen molar-refractivity contribution in [3.63, 3.8) is 0 Å². The Morgan fingerprint density at radius 2 is 1.89 bits per heavy atom. The summed E-state index contributed by atoms with van der Waals surface area (Å²) in [7, 11) is 0. The second-order valence-corrected chi connectivity index (χ2v) is 5.56. The van der Waals surface area contributed by atoms with Gasteiger partial charge in [0.05, 0.1) is 0 Å². The Morgan fingerprint density at radius 1 is 1.26 bits per heavy atom. The molecule has 0 unspecified atom stereocenters. The van der Waals surface area contributed by atoms with E-state index in [9.17, 15) is 0 Å². The van der Waals surface area contributed by atoms with E-state index in [2.05, 4.69) is 37.8 Å². The third-order valence-electron chi connectivity index (χ3n) is 3.10. The zero-order valence-corrected chi connectivity index (χ0v) is 12.3. The van der Waals surface area contributed by atoms with E-state index in [1.54, 1.807) is 0 Å². The van der Waals surface area contributed by atoms with Gasteiger partial charge in [0.15, 0.2) is 5.84 Å². The van der Waals surface area contributed by atoms with Gasteiger partial charge in [-0.25, -0.2) is 0 Å². The summed E-state index contributed by atoms with van der Waals surface area (Å²) >= 11 is 0. The predicted octanol–water partition coefficient (Wildman–Crippen LogP) is 2.65. The summed E-state index contributed by atoms with van der Waals surface area (Å²) < 4.78 is 0. The van der Waals surface area contributed by atoms with Crippen LogP contribution in [0.15, 0.2) is 29.4 Å². The minimum Gasteiger partial charge on any atom is -0.409 e. The van der Waals surface area contributed by atoms with E-state index in [-0.39, 0.29) is 5.84 Å². The van der Waals surface area contributed by atoms with Crippen molar-refractivity contribution in [1.29, 1.82) is 0 Å². The smallest absolute Gasteiger partial charge is 0.170 e. The highest BCUT2D eigenvalue weighted by Crippen LogP contribution is 2.15. The number of hydrogen-bond donors (Lipinski definition) is 2. The van der Waals surface area contributed by atoms with Crippen molar-refractivity contribution in [2.24, 2.45) is 16.8 Å². The van der Waals surface area contributed by atoms with Crippen molar-refractivity contribution < 1.29 is 5.21 Å². The number of nitrogens with zero attached hydrogens (tertiary/aromatic N) is 2. The highest BCUT2D eigenvalue weighted by atomic mass is 16.4. The van der Waals surface area contributed by atoms with Gasteiger partial charge in [0.1, 0.15) is 0 Å². The molecule has 0 saturated carbocycles. The van der Waals surface area contributed by atoms with E-state index in [0.717, 1.165) is 24.2 Å². The molecule has 4 nitrogen and oxygen atoms in total. The summed E-state index contributed by atoms with van der Waals surface area (Å²) in [6.07, 6.45) is 0. The Hall–Kier alpha value is -1.55. The van der Waals surface area contributed by atoms with Crippen LogP contribution in [-0.4, -0.2) is 28.5 Å². The van der Waals surface area contributed by atoms with Gasteiger partial charge in [0.2, 0.25) is 0 Å². The molecule has 1 aromatic carbocycles. The highest BCUT2D eigenvalue weighted by molar-refractivity contribution is 5.98. The van der Waals surface area contributed by atoms with E-state index in [1.807, 2.05) is 24.3 Å². The van der Waals surface area contributed by atoms with Crippen LogP contribution in [0.25, 0.3) is 0 Å². The van der Waals surface area contributed by atoms with Gasteiger partial charge in [-0.05, 0) is 25.3 Å². The molecule has 0 heterocycles. The summed E-state index contributed by atoms with van der Waals surface area (Å²) in [5, 5.41) is 12.0. The monoisotopic (exact) mass is 263 g/mol. The molecule has 0 aliphatic rings. The first-order valence-electron chi connectivity index (χ1n) is 6.75. The molecule has 0 spiro atoms. The number of benzene rings is 1. The normalized spacial score (nSPS) is 12.7. The Bertz CT molecular complexity index is 427.